The lowest BCUT2D eigenvalue weighted by Crippen LogP contribution is -2.20. The lowest BCUT2D eigenvalue weighted by atomic mass is 10.0. The van der Waals surface area contributed by atoms with Crippen molar-refractivity contribution in [1.29, 1.82) is 0 Å². The van der Waals surface area contributed by atoms with Crippen molar-refractivity contribution in [3.8, 4) is 5.88 Å². The number of aromatic nitrogens is 2. The summed E-state index contributed by atoms with van der Waals surface area (Å²) in [5.41, 5.74) is 4.63. The van der Waals surface area contributed by atoms with Gasteiger partial charge in [0.2, 0.25) is 0 Å². The van der Waals surface area contributed by atoms with E-state index < -0.39 is 0 Å². The van der Waals surface area contributed by atoms with Crippen LogP contribution in [0.15, 0.2) is 65.8 Å². The van der Waals surface area contributed by atoms with Gasteiger partial charge in [0.15, 0.2) is 5.88 Å². The first-order chi connectivity index (χ1) is 15.1. The number of fused-ring (bicyclic) bond motifs is 1. The first-order valence-electron chi connectivity index (χ1n) is 10.4. The zero-order valence-corrected chi connectivity index (χ0v) is 17.2. The van der Waals surface area contributed by atoms with Crippen LogP contribution < -0.4 is 4.90 Å². The number of hydrogen-bond acceptors (Lipinski definition) is 4. The molecule has 2 aromatic heterocycles. The molecule has 156 valence electrons. The third kappa shape index (κ3) is 3.65. The van der Waals surface area contributed by atoms with E-state index in [0.29, 0.717) is 22.9 Å². The fourth-order valence-corrected chi connectivity index (χ4v) is 4.38. The predicted molar refractivity (Wildman–Crippen MR) is 122 cm³/mol. The van der Waals surface area contributed by atoms with E-state index in [1.165, 1.54) is 6.07 Å². The Morgan fingerprint density at radius 3 is 2.90 bits per heavy atom. The Morgan fingerprint density at radius 1 is 1.19 bits per heavy atom. The number of hydrogen-bond donors (Lipinski definition) is 2. The molecule has 1 atom stereocenters. The van der Waals surface area contributed by atoms with Gasteiger partial charge >= 0.3 is 0 Å². The highest BCUT2D eigenvalue weighted by atomic mass is 19.1. The molecule has 0 saturated carbocycles. The number of aryl methyl sites for hydroxylation is 1. The summed E-state index contributed by atoms with van der Waals surface area (Å²) >= 11 is 0. The minimum absolute atomic E-state index is 0.0581. The van der Waals surface area contributed by atoms with E-state index in [4.69, 9.17) is 0 Å². The number of nitrogens with zero attached hydrogens (tertiary/aromatic N) is 3. The van der Waals surface area contributed by atoms with E-state index in [0.717, 1.165) is 41.7 Å². The SMILES string of the molecule is Cc1cccc2[nH]c(O)c(C=Nc3ccc(N4CCC(c5ccccn5)C4)c(F)c3)c12. The highest BCUT2D eigenvalue weighted by Crippen LogP contribution is 2.33. The largest absolute Gasteiger partial charge is 0.494 e. The number of benzene rings is 2. The number of anilines is 1. The molecule has 1 unspecified atom stereocenters. The van der Waals surface area contributed by atoms with Gasteiger partial charge in [0.1, 0.15) is 5.82 Å². The fraction of sp³-hybridized carbons (Fsp3) is 0.200. The average Bonchev–Trinajstić information content (AvgIpc) is 3.38. The number of nitrogens with one attached hydrogen (secondary N) is 1. The first-order valence-corrected chi connectivity index (χ1v) is 10.4. The summed E-state index contributed by atoms with van der Waals surface area (Å²) in [6.45, 7) is 3.53. The zero-order chi connectivity index (χ0) is 21.4. The van der Waals surface area contributed by atoms with Crippen LogP contribution in [-0.4, -0.2) is 34.4 Å². The van der Waals surface area contributed by atoms with Gasteiger partial charge in [0, 0.05) is 54.1 Å². The van der Waals surface area contributed by atoms with Gasteiger partial charge in [-0.25, -0.2) is 4.39 Å². The van der Waals surface area contributed by atoms with Gasteiger partial charge in [-0.05, 0) is 49.2 Å². The summed E-state index contributed by atoms with van der Waals surface area (Å²) < 4.78 is 14.9. The fourth-order valence-electron chi connectivity index (χ4n) is 4.38. The topological polar surface area (TPSA) is 64.5 Å². The minimum Gasteiger partial charge on any atom is -0.494 e. The van der Waals surface area contributed by atoms with E-state index in [1.54, 1.807) is 18.5 Å². The quantitative estimate of drug-likeness (QED) is 0.436. The maximum Gasteiger partial charge on any atom is 0.198 e. The number of aromatic amines is 1. The van der Waals surface area contributed by atoms with E-state index in [-0.39, 0.29) is 11.7 Å². The molecular formula is C25H23FN4O. The molecule has 0 radical (unpaired) electrons. The van der Waals surface area contributed by atoms with Crippen molar-refractivity contribution in [2.45, 2.75) is 19.3 Å². The Bertz CT molecular complexity index is 1270. The molecule has 6 heteroatoms. The Balaban J connectivity index is 1.37. The van der Waals surface area contributed by atoms with Crippen molar-refractivity contribution in [2.24, 2.45) is 4.99 Å². The summed E-state index contributed by atoms with van der Waals surface area (Å²) in [6, 6.07) is 16.8. The Morgan fingerprint density at radius 2 is 2.10 bits per heavy atom. The maximum atomic E-state index is 14.9. The van der Waals surface area contributed by atoms with Crippen LogP contribution in [-0.2, 0) is 0 Å². The van der Waals surface area contributed by atoms with Gasteiger partial charge in [0.05, 0.1) is 16.9 Å². The van der Waals surface area contributed by atoms with Gasteiger partial charge in [-0.15, -0.1) is 0 Å². The smallest absolute Gasteiger partial charge is 0.198 e. The van der Waals surface area contributed by atoms with Crippen LogP contribution in [0.5, 0.6) is 5.88 Å². The normalized spacial score (nSPS) is 16.6. The van der Waals surface area contributed by atoms with E-state index >= 15 is 0 Å². The van der Waals surface area contributed by atoms with Crippen LogP contribution in [0.2, 0.25) is 0 Å². The Labute approximate surface area is 179 Å². The van der Waals surface area contributed by atoms with E-state index in [9.17, 15) is 9.50 Å². The molecule has 1 fully saturated rings. The number of H-pyrrole nitrogens is 1. The molecule has 5 nitrogen and oxygen atoms in total. The number of pyridine rings is 1. The van der Waals surface area contributed by atoms with Crippen molar-refractivity contribution >= 4 is 28.5 Å². The molecule has 0 aliphatic carbocycles. The van der Waals surface area contributed by atoms with Gasteiger partial charge in [-0.1, -0.05) is 18.2 Å². The average molecular weight is 414 g/mol. The second-order valence-corrected chi connectivity index (χ2v) is 7.96. The van der Waals surface area contributed by atoms with Gasteiger partial charge in [-0.2, -0.15) is 0 Å². The molecule has 4 aromatic rings. The molecule has 5 rings (SSSR count). The number of halogens is 1. The summed E-state index contributed by atoms with van der Waals surface area (Å²) in [5.74, 6) is 0.0739. The summed E-state index contributed by atoms with van der Waals surface area (Å²) in [5, 5.41) is 11.2. The standard InChI is InChI=1S/C25H23FN4O/c1-16-5-4-7-22-24(16)19(25(31)29-22)14-28-18-8-9-23(20(26)13-18)30-12-10-17(15-30)21-6-2-3-11-27-21/h2-9,11,13-14,17,29,31H,10,12,15H2,1H3. The molecular weight excluding hydrogens is 391 g/mol. The monoisotopic (exact) mass is 414 g/mol. The van der Waals surface area contributed by atoms with Crippen LogP contribution in [0.1, 0.15) is 29.2 Å². The molecule has 2 N–H and O–H groups in total. The minimum atomic E-state index is -0.296. The van der Waals surface area contributed by atoms with Crippen LogP contribution >= 0.6 is 0 Å². The Hall–Kier alpha value is -3.67. The van der Waals surface area contributed by atoms with Crippen LogP contribution in [0.25, 0.3) is 10.9 Å². The van der Waals surface area contributed by atoms with Gasteiger partial charge in [0.25, 0.3) is 0 Å². The molecule has 0 bridgehead atoms. The molecule has 1 aliphatic rings. The molecule has 31 heavy (non-hydrogen) atoms. The van der Waals surface area contributed by atoms with Crippen molar-refractivity contribution in [3.63, 3.8) is 0 Å². The zero-order valence-electron chi connectivity index (χ0n) is 17.2. The second-order valence-electron chi connectivity index (χ2n) is 7.96. The summed E-state index contributed by atoms with van der Waals surface area (Å²) in [4.78, 5) is 13.9. The lowest BCUT2D eigenvalue weighted by molar-refractivity contribution is 0.457. The van der Waals surface area contributed by atoms with Crippen LogP contribution in [0, 0.1) is 12.7 Å². The second kappa shape index (κ2) is 7.87. The van der Waals surface area contributed by atoms with Crippen LogP contribution in [0.4, 0.5) is 15.8 Å². The van der Waals surface area contributed by atoms with Crippen molar-refractivity contribution < 1.29 is 9.50 Å². The maximum absolute atomic E-state index is 14.9. The highest BCUT2D eigenvalue weighted by Gasteiger charge is 2.26. The number of aromatic hydroxyl groups is 1. The lowest BCUT2D eigenvalue weighted by Gasteiger charge is -2.19. The molecule has 0 amide bonds. The third-order valence-electron chi connectivity index (χ3n) is 5.96. The first kappa shape index (κ1) is 19.3. The summed E-state index contributed by atoms with van der Waals surface area (Å²) in [7, 11) is 0. The Kier molecular flexibility index (Phi) is 4.90. The van der Waals surface area contributed by atoms with Gasteiger partial charge < -0.3 is 15.0 Å². The van der Waals surface area contributed by atoms with Crippen molar-refractivity contribution in [3.05, 3.63) is 83.4 Å². The molecule has 3 heterocycles. The van der Waals surface area contributed by atoms with E-state index in [2.05, 4.69) is 19.9 Å². The van der Waals surface area contributed by atoms with E-state index in [1.807, 2.05) is 49.4 Å². The number of aliphatic imine (C=N–C) groups is 1. The molecule has 1 saturated heterocycles. The molecule has 1 aliphatic heterocycles. The van der Waals surface area contributed by atoms with Crippen molar-refractivity contribution in [2.75, 3.05) is 18.0 Å². The van der Waals surface area contributed by atoms with Crippen molar-refractivity contribution in [1.82, 2.24) is 9.97 Å². The number of rotatable bonds is 4. The predicted octanol–water partition coefficient (Wildman–Crippen LogP) is 5.46. The van der Waals surface area contributed by atoms with Gasteiger partial charge in [-0.3, -0.25) is 9.98 Å². The molecule has 0 spiro atoms. The summed E-state index contributed by atoms with van der Waals surface area (Å²) in [6.07, 6.45) is 4.34. The third-order valence-corrected chi connectivity index (χ3v) is 5.96. The molecule has 2 aromatic carbocycles. The highest BCUT2D eigenvalue weighted by molar-refractivity contribution is 6.04. The van der Waals surface area contributed by atoms with Crippen LogP contribution in [0.3, 0.4) is 0 Å².